The second kappa shape index (κ2) is 5.47. The fourth-order valence-corrected chi connectivity index (χ4v) is 1.38. The fraction of sp³-hybridized carbons (Fsp3) is 0.556. The first kappa shape index (κ1) is 12.5. The number of hydrogen-bond acceptors (Lipinski definition) is 6. The lowest BCUT2D eigenvalue weighted by molar-refractivity contribution is 0.670. The number of anilines is 2. The lowest BCUT2D eigenvalue weighted by atomic mass is 10.2. The molecule has 1 aromatic rings. The molecule has 1 aromatic heterocycles. The molecule has 7 heteroatoms. The van der Waals surface area contributed by atoms with E-state index in [1.165, 1.54) is 0 Å². The van der Waals surface area contributed by atoms with Gasteiger partial charge in [-0.2, -0.15) is 20.2 Å². The maximum absolute atomic E-state index is 8.75. The van der Waals surface area contributed by atoms with Crippen molar-refractivity contribution in [1.29, 1.82) is 5.26 Å². The molecule has 0 radical (unpaired) electrons. The first-order chi connectivity index (χ1) is 7.56. The number of nitrogens with two attached hydrogens (primary N) is 1. The molecule has 0 aliphatic carbocycles. The van der Waals surface area contributed by atoms with E-state index in [1.54, 1.807) is 0 Å². The van der Waals surface area contributed by atoms with Gasteiger partial charge in [-0.25, -0.2) is 0 Å². The highest BCUT2D eigenvalue weighted by atomic mass is 35.5. The quantitative estimate of drug-likeness (QED) is 0.847. The maximum atomic E-state index is 8.75. The number of nitrogens with zero attached hydrogens (tertiary/aromatic N) is 5. The Morgan fingerprint density at radius 1 is 1.50 bits per heavy atom. The van der Waals surface area contributed by atoms with Crippen molar-refractivity contribution in [3.8, 4) is 6.07 Å². The van der Waals surface area contributed by atoms with Crippen molar-refractivity contribution in [1.82, 2.24) is 15.0 Å². The molecule has 0 saturated carbocycles. The van der Waals surface area contributed by atoms with Crippen molar-refractivity contribution in [2.45, 2.75) is 13.8 Å². The molecule has 0 spiro atoms. The normalized spacial score (nSPS) is 11.9. The highest BCUT2D eigenvalue weighted by Crippen LogP contribution is 2.13. The number of nitriles is 1. The van der Waals surface area contributed by atoms with Crippen LogP contribution in [0.5, 0.6) is 0 Å². The molecule has 0 aromatic carbocycles. The first-order valence-electron chi connectivity index (χ1n) is 4.88. The molecule has 0 saturated heterocycles. The van der Waals surface area contributed by atoms with Crippen LogP contribution in [0.15, 0.2) is 0 Å². The maximum Gasteiger partial charge on any atom is 0.231 e. The van der Waals surface area contributed by atoms with Crippen LogP contribution in [-0.4, -0.2) is 28.0 Å². The summed E-state index contributed by atoms with van der Waals surface area (Å²) in [6.07, 6.45) is 0. The minimum Gasteiger partial charge on any atom is -0.368 e. The minimum atomic E-state index is -0.114. The van der Waals surface area contributed by atoms with Gasteiger partial charge in [-0.1, -0.05) is 0 Å². The lowest BCUT2D eigenvalue weighted by Crippen LogP contribution is -2.29. The zero-order chi connectivity index (χ0) is 12.1. The molecule has 0 aliphatic heterocycles. The van der Waals surface area contributed by atoms with Crippen LogP contribution in [0, 0.1) is 17.2 Å². The average Bonchev–Trinajstić information content (AvgIpc) is 2.24. The number of rotatable bonds is 4. The van der Waals surface area contributed by atoms with Gasteiger partial charge in [0.15, 0.2) is 0 Å². The van der Waals surface area contributed by atoms with E-state index in [4.69, 9.17) is 22.6 Å². The highest BCUT2D eigenvalue weighted by molar-refractivity contribution is 6.28. The minimum absolute atomic E-state index is 0.0607. The Kier molecular flexibility index (Phi) is 4.26. The van der Waals surface area contributed by atoms with Crippen molar-refractivity contribution < 1.29 is 0 Å². The molecular formula is C9H13ClN6. The van der Waals surface area contributed by atoms with Crippen LogP contribution in [0.2, 0.25) is 5.28 Å². The monoisotopic (exact) mass is 240 g/mol. The Morgan fingerprint density at radius 3 is 2.69 bits per heavy atom. The molecule has 0 bridgehead atoms. The van der Waals surface area contributed by atoms with E-state index in [-0.39, 0.29) is 17.1 Å². The third-order valence-corrected chi connectivity index (χ3v) is 2.16. The number of hydrogen-bond donors (Lipinski definition) is 1. The lowest BCUT2D eigenvalue weighted by Gasteiger charge is -2.21. The smallest absolute Gasteiger partial charge is 0.231 e. The van der Waals surface area contributed by atoms with Gasteiger partial charge in [0.05, 0.1) is 12.0 Å². The van der Waals surface area contributed by atoms with Crippen molar-refractivity contribution in [3.63, 3.8) is 0 Å². The van der Waals surface area contributed by atoms with Crippen LogP contribution in [-0.2, 0) is 0 Å². The van der Waals surface area contributed by atoms with Crippen molar-refractivity contribution in [2.75, 3.05) is 23.7 Å². The van der Waals surface area contributed by atoms with E-state index in [1.807, 2.05) is 18.7 Å². The van der Waals surface area contributed by atoms with E-state index in [2.05, 4.69) is 21.0 Å². The van der Waals surface area contributed by atoms with Crippen molar-refractivity contribution in [2.24, 2.45) is 5.92 Å². The standard InChI is InChI=1S/C9H13ClN6/c1-3-16(5-6(2)4-11)9-14-7(10)13-8(12)15-9/h6H,3,5H2,1-2H3,(H2,12,13,14,15). The molecule has 1 rings (SSSR count). The summed E-state index contributed by atoms with van der Waals surface area (Å²) in [4.78, 5) is 13.5. The molecule has 86 valence electrons. The molecule has 0 aliphatic rings. The summed E-state index contributed by atoms with van der Waals surface area (Å²) < 4.78 is 0. The molecule has 6 nitrogen and oxygen atoms in total. The van der Waals surface area contributed by atoms with E-state index >= 15 is 0 Å². The average molecular weight is 241 g/mol. The van der Waals surface area contributed by atoms with E-state index in [9.17, 15) is 0 Å². The van der Waals surface area contributed by atoms with Gasteiger partial charge in [-0.15, -0.1) is 0 Å². The molecule has 1 heterocycles. The van der Waals surface area contributed by atoms with Crippen LogP contribution < -0.4 is 10.6 Å². The second-order valence-electron chi connectivity index (χ2n) is 3.33. The topological polar surface area (TPSA) is 91.7 Å². The summed E-state index contributed by atoms with van der Waals surface area (Å²) in [7, 11) is 0. The predicted molar refractivity (Wildman–Crippen MR) is 61.9 cm³/mol. The number of aromatic nitrogens is 3. The van der Waals surface area contributed by atoms with Crippen molar-refractivity contribution in [3.05, 3.63) is 5.28 Å². The van der Waals surface area contributed by atoms with Crippen LogP contribution in [0.1, 0.15) is 13.8 Å². The Hall–Kier alpha value is -1.61. The van der Waals surface area contributed by atoms with Gasteiger partial charge in [0.25, 0.3) is 0 Å². The summed E-state index contributed by atoms with van der Waals surface area (Å²) >= 11 is 5.69. The van der Waals surface area contributed by atoms with E-state index in [0.717, 1.165) is 0 Å². The van der Waals surface area contributed by atoms with Gasteiger partial charge >= 0.3 is 0 Å². The third kappa shape index (κ3) is 3.21. The van der Waals surface area contributed by atoms with Crippen molar-refractivity contribution >= 4 is 23.5 Å². The highest BCUT2D eigenvalue weighted by Gasteiger charge is 2.13. The Bertz CT molecular complexity index is 381. The van der Waals surface area contributed by atoms with Crippen LogP contribution in [0.25, 0.3) is 0 Å². The Balaban J connectivity index is 2.91. The molecule has 1 atom stereocenters. The SMILES string of the molecule is CCN(CC(C)C#N)c1nc(N)nc(Cl)n1. The molecular weight excluding hydrogens is 228 g/mol. The van der Waals surface area contributed by atoms with Gasteiger partial charge in [0, 0.05) is 13.1 Å². The Morgan fingerprint density at radius 2 is 2.19 bits per heavy atom. The number of halogens is 1. The van der Waals surface area contributed by atoms with E-state index < -0.39 is 0 Å². The van der Waals surface area contributed by atoms with Crippen LogP contribution in [0.3, 0.4) is 0 Å². The molecule has 1 unspecified atom stereocenters. The van der Waals surface area contributed by atoms with Gasteiger partial charge in [0.2, 0.25) is 17.2 Å². The van der Waals surface area contributed by atoms with Crippen LogP contribution in [0.4, 0.5) is 11.9 Å². The zero-order valence-electron chi connectivity index (χ0n) is 9.18. The number of nitrogen functional groups attached to an aromatic ring is 1. The van der Waals surface area contributed by atoms with Gasteiger partial charge in [-0.05, 0) is 25.4 Å². The largest absolute Gasteiger partial charge is 0.368 e. The zero-order valence-corrected chi connectivity index (χ0v) is 9.94. The first-order valence-corrected chi connectivity index (χ1v) is 5.26. The molecule has 0 amide bonds. The Labute approximate surface area is 99.1 Å². The third-order valence-electron chi connectivity index (χ3n) is 1.99. The van der Waals surface area contributed by atoms with E-state index in [0.29, 0.717) is 19.0 Å². The summed E-state index contributed by atoms with van der Waals surface area (Å²) in [6.45, 7) is 4.98. The summed E-state index contributed by atoms with van der Waals surface area (Å²) in [5.74, 6) is 0.372. The molecule has 0 fully saturated rings. The summed E-state index contributed by atoms with van der Waals surface area (Å²) in [5.41, 5.74) is 5.48. The molecule has 2 N–H and O–H groups in total. The second-order valence-corrected chi connectivity index (χ2v) is 3.67. The van der Waals surface area contributed by atoms with Gasteiger partial charge in [0.1, 0.15) is 0 Å². The fourth-order valence-electron chi connectivity index (χ4n) is 1.22. The van der Waals surface area contributed by atoms with Crippen LogP contribution >= 0.6 is 11.6 Å². The molecule has 16 heavy (non-hydrogen) atoms. The summed E-state index contributed by atoms with van der Waals surface area (Å²) in [6, 6.07) is 2.15. The summed E-state index contributed by atoms with van der Waals surface area (Å²) in [5, 5.41) is 8.82. The van der Waals surface area contributed by atoms with Gasteiger partial charge < -0.3 is 10.6 Å². The predicted octanol–water partition coefficient (Wildman–Crippen LogP) is 1.09. The van der Waals surface area contributed by atoms with Gasteiger partial charge in [-0.3, -0.25) is 0 Å².